The fourth-order valence-electron chi connectivity index (χ4n) is 2.83. The molecule has 0 bridgehead atoms. The van der Waals surface area contributed by atoms with Crippen LogP contribution in [0.25, 0.3) is 0 Å². The maximum Gasteiger partial charge on any atom is 0.193 e. The molecule has 130 valence electrons. The highest BCUT2D eigenvalue weighted by molar-refractivity contribution is 14.0. The van der Waals surface area contributed by atoms with E-state index in [0.29, 0.717) is 17.6 Å². The van der Waals surface area contributed by atoms with E-state index in [4.69, 9.17) is 0 Å². The second-order valence-corrected chi connectivity index (χ2v) is 6.92. The Morgan fingerprint density at radius 2 is 2.09 bits per heavy atom. The topological polar surface area (TPSA) is 30.9 Å². The molecule has 1 aromatic carbocycles. The van der Waals surface area contributed by atoms with E-state index in [9.17, 15) is 4.39 Å². The lowest BCUT2D eigenvalue weighted by Crippen LogP contribution is -2.40. The van der Waals surface area contributed by atoms with Crippen molar-refractivity contribution in [3.63, 3.8) is 0 Å². The van der Waals surface area contributed by atoms with Gasteiger partial charge in [-0.25, -0.2) is 4.39 Å². The summed E-state index contributed by atoms with van der Waals surface area (Å²) in [4.78, 5) is 8.39. The Morgan fingerprint density at radius 3 is 2.57 bits per heavy atom. The number of halogens is 2. The zero-order valence-corrected chi connectivity index (χ0v) is 17.0. The van der Waals surface area contributed by atoms with Crippen LogP contribution in [0, 0.1) is 11.2 Å². The number of nitrogens with zero attached hydrogens (tertiary/aromatic N) is 3. The molecule has 0 aromatic heterocycles. The summed E-state index contributed by atoms with van der Waals surface area (Å²) in [6, 6.07) is 5.35. The molecule has 1 aliphatic heterocycles. The maximum atomic E-state index is 14.0. The van der Waals surface area contributed by atoms with Gasteiger partial charge in [-0.05, 0) is 29.5 Å². The number of rotatable bonds is 3. The second-order valence-electron chi connectivity index (χ2n) is 6.92. The van der Waals surface area contributed by atoms with Crippen LogP contribution in [-0.2, 0) is 6.54 Å². The van der Waals surface area contributed by atoms with Gasteiger partial charge in [-0.1, -0.05) is 19.9 Å². The summed E-state index contributed by atoms with van der Waals surface area (Å²) in [5, 5.41) is 3.34. The molecule has 0 atom stereocenters. The smallest absolute Gasteiger partial charge is 0.193 e. The van der Waals surface area contributed by atoms with Crippen molar-refractivity contribution in [1.82, 2.24) is 10.2 Å². The molecule has 0 amide bonds. The number of guanidine groups is 1. The Kier molecular flexibility index (Phi) is 7.10. The monoisotopic (exact) mass is 434 g/mol. The third-order valence-electron chi connectivity index (χ3n) is 4.13. The van der Waals surface area contributed by atoms with Crippen molar-refractivity contribution in [2.45, 2.75) is 26.8 Å². The standard InChI is InChI=1S/C17H27FN4.HI/c1-17(2)8-9-22(12-17)16(19-3)20-11-13-6-7-15(21(4)5)14(18)10-13;/h6-7,10H,8-9,11-12H2,1-5H3,(H,19,20);1H. The SMILES string of the molecule is CN=C(NCc1ccc(N(C)C)c(F)c1)N1CCC(C)(C)C1.I. The van der Waals surface area contributed by atoms with Crippen molar-refractivity contribution in [2.75, 3.05) is 39.1 Å². The lowest BCUT2D eigenvalue weighted by molar-refractivity contribution is 0.370. The molecule has 2 rings (SSSR count). The van der Waals surface area contributed by atoms with Crippen LogP contribution in [0.5, 0.6) is 0 Å². The van der Waals surface area contributed by atoms with Gasteiger partial charge in [0.2, 0.25) is 0 Å². The van der Waals surface area contributed by atoms with Gasteiger partial charge in [0.25, 0.3) is 0 Å². The molecule has 0 saturated carbocycles. The van der Waals surface area contributed by atoms with Crippen LogP contribution in [0.1, 0.15) is 25.8 Å². The molecule has 1 N–H and O–H groups in total. The zero-order chi connectivity index (χ0) is 16.3. The number of likely N-dealkylation sites (tertiary alicyclic amines) is 1. The average Bonchev–Trinajstić information content (AvgIpc) is 2.79. The van der Waals surface area contributed by atoms with Gasteiger partial charge in [-0.3, -0.25) is 4.99 Å². The number of aliphatic imine (C=N–C) groups is 1. The molecule has 0 aliphatic carbocycles. The first-order chi connectivity index (χ1) is 10.3. The molecule has 23 heavy (non-hydrogen) atoms. The lowest BCUT2D eigenvalue weighted by Gasteiger charge is -2.24. The van der Waals surface area contributed by atoms with E-state index in [-0.39, 0.29) is 29.8 Å². The third-order valence-corrected chi connectivity index (χ3v) is 4.13. The molecule has 1 saturated heterocycles. The predicted octanol–water partition coefficient (Wildman–Crippen LogP) is 3.32. The zero-order valence-electron chi connectivity index (χ0n) is 14.7. The first-order valence-corrected chi connectivity index (χ1v) is 7.74. The largest absolute Gasteiger partial charge is 0.375 e. The van der Waals surface area contributed by atoms with Crippen molar-refractivity contribution in [3.05, 3.63) is 29.6 Å². The highest BCUT2D eigenvalue weighted by Crippen LogP contribution is 2.28. The first kappa shape index (κ1) is 20.0. The molecular weight excluding hydrogens is 406 g/mol. The van der Waals surface area contributed by atoms with Crippen LogP contribution in [0.2, 0.25) is 0 Å². The van der Waals surface area contributed by atoms with Gasteiger partial charge in [-0.15, -0.1) is 24.0 Å². The van der Waals surface area contributed by atoms with Gasteiger partial charge >= 0.3 is 0 Å². The van der Waals surface area contributed by atoms with E-state index >= 15 is 0 Å². The van der Waals surface area contributed by atoms with Crippen molar-refractivity contribution in [2.24, 2.45) is 10.4 Å². The summed E-state index contributed by atoms with van der Waals surface area (Å²) in [5.41, 5.74) is 1.86. The number of anilines is 1. The van der Waals surface area contributed by atoms with Crippen LogP contribution in [-0.4, -0.2) is 45.1 Å². The van der Waals surface area contributed by atoms with Gasteiger partial charge in [0.05, 0.1) is 5.69 Å². The molecule has 0 unspecified atom stereocenters. The molecule has 0 spiro atoms. The molecule has 1 fully saturated rings. The Labute approximate surface area is 156 Å². The normalized spacial score (nSPS) is 17.0. The van der Waals surface area contributed by atoms with E-state index in [1.807, 2.05) is 26.2 Å². The van der Waals surface area contributed by atoms with Crippen molar-refractivity contribution in [1.29, 1.82) is 0 Å². The highest BCUT2D eigenvalue weighted by atomic mass is 127. The van der Waals surface area contributed by atoms with Crippen LogP contribution in [0.15, 0.2) is 23.2 Å². The molecule has 1 aliphatic rings. The fourth-order valence-corrected chi connectivity index (χ4v) is 2.83. The van der Waals surface area contributed by atoms with E-state index in [2.05, 4.69) is 29.1 Å². The minimum Gasteiger partial charge on any atom is -0.375 e. The first-order valence-electron chi connectivity index (χ1n) is 7.74. The van der Waals surface area contributed by atoms with E-state index in [1.54, 1.807) is 18.0 Å². The molecule has 1 aromatic rings. The summed E-state index contributed by atoms with van der Waals surface area (Å²) >= 11 is 0. The second kappa shape index (κ2) is 8.17. The minimum atomic E-state index is -0.193. The van der Waals surface area contributed by atoms with Crippen molar-refractivity contribution in [3.8, 4) is 0 Å². The van der Waals surface area contributed by atoms with Crippen LogP contribution < -0.4 is 10.2 Å². The van der Waals surface area contributed by atoms with Crippen LogP contribution >= 0.6 is 24.0 Å². The van der Waals surface area contributed by atoms with E-state index < -0.39 is 0 Å². The Morgan fingerprint density at radius 1 is 1.39 bits per heavy atom. The summed E-state index contributed by atoms with van der Waals surface area (Å²) in [5.74, 6) is 0.698. The lowest BCUT2D eigenvalue weighted by atomic mass is 9.93. The van der Waals surface area contributed by atoms with Gasteiger partial charge in [-0.2, -0.15) is 0 Å². The van der Waals surface area contributed by atoms with E-state index in [1.165, 1.54) is 6.42 Å². The van der Waals surface area contributed by atoms with Crippen molar-refractivity contribution < 1.29 is 4.39 Å². The molecule has 0 radical (unpaired) electrons. The number of hydrogen-bond acceptors (Lipinski definition) is 2. The highest BCUT2D eigenvalue weighted by Gasteiger charge is 2.30. The number of nitrogens with one attached hydrogen (secondary N) is 1. The number of hydrogen-bond donors (Lipinski definition) is 1. The average molecular weight is 434 g/mol. The summed E-state index contributed by atoms with van der Waals surface area (Å²) in [6.07, 6.45) is 1.17. The Balaban J connectivity index is 0.00000264. The van der Waals surface area contributed by atoms with Crippen molar-refractivity contribution >= 4 is 35.6 Å². The summed E-state index contributed by atoms with van der Waals surface area (Å²) in [7, 11) is 5.48. The number of benzene rings is 1. The van der Waals surface area contributed by atoms with Gasteiger partial charge in [0.15, 0.2) is 5.96 Å². The van der Waals surface area contributed by atoms with Gasteiger partial charge < -0.3 is 15.1 Å². The maximum absolute atomic E-state index is 14.0. The Hall–Kier alpha value is -1.05. The predicted molar refractivity (Wildman–Crippen MR) is 106 cm³/mol. The quantitative estimate of drug-likeness (QED) is 0.450. The summed E-state index contributed by atoms with van der Waals surface area (Å²) < 4.78 is 14.0. The van der Waals surface area contributed by atoms with Gasteiger partial charge in [0, 0.05) is 40.8 Å². The Bertz CT molecular complexity index is 558. The molecule has 4 nitrogen and oxygen atoms in total. The van der Waals surface area contributed by atoms with Crippen LogP contribution in [0.3, 0.4) is 0 Å². The molecule has 1 heterocycles. The van der Waals surface area contributed by atoms with E-state index in [0.717, 1.165) is 24.6 Å². The summed E-state index contributed by atoms with van der Waals surface area (Å²) in [6.45, 7) is 7.14. The van der Waals surface area contributed by atoms with Crippen LogP contribution in [0.4, 0.5) is 10.1 Å². The van der Waals surface area contributed by atoms with Gasteiger partial charge in [0.1, 0.15) is 5.82 Å². The molecular formula is C17H28FIN4. The fraction of sp³-hybridized carbons (Fsp3) is 0.588. The third kappa shape index (κ3) is 5.22. The molecule has 6 heteroatoms. The minimum absolute atomic E-state index is 0.